The number of hydrogen-bond acceptors (Lipinski definition) is 2. The summed E-state index contributed by atoms with van der Waals surface area (Å²) in [6.45, 7) is 8.68. The highest BCUT2D eigenvalue weighted by molar-refractivity contribution is 6.18. The number of allylic oxidation sites excluding steroid dienone is 3. The number of ether oxygens (including phenoxy) is 1. The number of carbonyl (C=O) groups is 1. The summed E-state index contributed by atoms with van der Waals surface area (Å²) in [5.41, 5.74) is 6.10. The number of aliphatic carboxylic acids is 1. The molecule has 182 valence electrons. The van der Waals surface area contributed by atoms with E-state index in [0.717, 1.165) is 52.8 Å². The second-order valence-electron chi connectivity index (χ2n) is 8.65. The number of carboxylic acid groups (broad SMARTS) is 1. The van der Waals surface area contributed by atoms with Gasteiger partial charge in [-0.15, -0.1) is 0 Å². The third-order valence-electron chi connectivity index (χ3n) is 5.92. The fraction of sp³-hybridized carbons (Fsp3) is 0.258. The lowest BCUT2D eigenvalue weighted by atomic mass is 9.92. The summed E-state index contributed by atoms with van der Waals surface area (Å²) in [5, 5.41) is 9.93. The van der Waals surface area contributed by atoms with Gasteiger partial charge in [0.1, 0.15) is 11.6 Å². The first-order chi connectivity index (χ1) is 16.8. The van der Waals surface area contributed by atoms with Crippen LogP contribution in [0.5, 0.6) is 5.75 Å². The Balaban J connectivity index is 1.99. The number of aryl methyl sites for hydroxylation is 2. The van der Waals surface area contributed by atoms with E-state index in [4.69, 9.17) is 4.74 Å². The van der Waals surface area contributed by atoms with Crippen LogP contribution in [0.2, 0.25) is 0 Å². The van der Waals surface area contributed by atoms with Crippen molar-refractivity contribution in [1.29, 1.82) is 0 Å². The predicted octanol–water partition coefficient (Wildman–Crippen LogP) is 8.25. The van der Waals surface area contributed by atoms with Crippen LogP contribution in [0.15, 0.2) is 72.8 Å². The standard InChI is InChI=1S/C31H33FO3/c1-5-7-16-35-27-11-8-10-25(18-27)28-15-13-24(17-22(28)4)23(9-6-2)19-30(31(33)34)29-20-26(32)14-12-21(29)3/h8-15,17-20H,5-7,16H2,1-4H3,(H,33,34)/b23-9-,30-19+. The molecular weight excluding hydrogens is 439 g/mol. The molecule has 0 bridgehead atoms. The molecule has 0 saturated carbocycles. The van der Waals surface area contributed by atoms with Crippen LogP contribution in [0.25, 0.3) is 22.3 Å². The average Bonchev–Trinajstić information content (AvgIpc) is 2.83. The first-order valence-corrected chi connectivity index (χ1v) is 12.1. The van der Waals surface area contributed by atoms with Crippen molar-refractivity contribution in [2.24, 2.45) is 0 Å². The molecule has 0 spiro atoms. The summed E-state index contributed by atoms with van der Waals surface area (Å²) >= 11 is 0. The Labute approximate surface area is 207 Å². The third-order valence-corrected chi connectivity index (χ3v) is 5.92. The van der Waals surface area contributed by atoms with Crippen LogP contribution in [-0.4, -0.2) is 17.7 Å². The lowest BCUT2D eigenvalue weighted by Crippen LogP contribution is -2.03. The van der Waals surface area contributed by atoms with Gasteiger partial charge >= 0.3 is 5.97 Å². The van der Waals surface area contributed by atoms with Gasteiger partial charge in [-0.25, -0.2) is 9.18 Å². The van der Waals surface area contributed by atoms with Gasteiger partial charge in [-0.05, 0) is 96.0 Å². The zero-order valence-electron chi connectivity index (χ0n) is 20.9. The molecular formula is C31H33FO3. The van der Waals surface area contributed by atoms with E-state index in [-0.39, 0.29) is 5.57 Å². The molecule has 0 aromatic heterocycles. The van der Waals surface area contributed by atoms with E-state index in [2.05, 4.69) is 31.2 Å². The zero-order valence-corrected chi connectivity index (χ0v) is 20.9. The van der Waals surface area contributed by atoms with E-state index in [0.29, 0.717) is 17.7 Å². The van der Waals surface area contributed by atoms with Crippen molar-refractivity contribution in [1.82, 2.24) is 0 Å². The van der Waals surface area contributed by atoms with Gasteiger partial charge in [-0.2, -0.15) is 0 Å². The molecule has 0 unspecified atom stereocenters. The molecule has 0 radical (unpaired) electrons. The second-order valence-corrected chi connectivity index (χ2v) is 8.65. The van der Waals surface area contributed by atoms with Gasteiger partial charge in [0.2, 0.25) is 0 Å². The summed E-state index contributed by atoms with van der Waals surface area (Å²) in [5.74, 6) is -0.695. The Morgan fingerprint density at radius 2 is 1.80 bits per heavy atom. The topological polar surface area (TPSA) is 46.5 Å². The SMILES string of the molecule is CC/C=C(/C=C(/C(=O)O)c1cc(F)ccc1C)c1ccc(-c2cccc(OCCCC)c2)c(C)c1. The van der Waals surface area contributed by atoms with Crippen molar-refractivity contribution < 1.29 is 19.0 Å². The van der Waals surface area contributed by atoms with Gasteiger partial charge in [0.15, 0.2) is 0 Å². The van der Waals surface area contributed by atoms with Gasteiger partial charge in [0, 0.05) is 0 Å². The van der Waals surface area contributed by atoms with Gasteiger partial charge in [-0.1, -0.05) is 62.7 Å². The Morgan fingerprint density at radius 3 is 2.49 bits per heavy atom. The highest BCUT2D eigenvalue weighted by Gasteiger charge is 2.16. The number of benzene rings is 3. The molecule has 0 amide bonds. The minimum absolute atomic E-state index is 0.0698. The molecule has 0 atom stereocenters. The van der Waals surface area contributed by atoms with Crippen molar-refractivity contribution in [3.63, 3.8) is 0 Å². The maximum Gasteiger partial charge on any atom is 0.336 e. The summed E-state index contributed by atoms with van der Waals surface area (Å²) in [7, 11) is 0. The van der Waals surface area contributed by atoms with Crippen LogP contribution in [0, 0.1) is 19.7 Å². The Bertz CT molecular complexity index is 1250. The molecule has 1 N–H and O–H groups in total. The third kappa shape index (κ3) is 6.69. The summed E-state index contributed by atoms with van der Waals surface area (Å²) in [6, 6.07) is 18.4. The monoisotopic (exact) mass is 472 g/mol. The Kier molecular flexibility index (Phi) is 9.02. The van der Waals surface area contributed by atoms with Crippen molar-refractivity contribution in [3.05, 3.63) is 101 Å². The molecule has 4 heteroatoms. The number of halogens is 1. The fourth-order valence-electron chi connectivity index (χ4n) is 4.03. The molecule has 3 rings (SSSR count). The molecule has 0 aliphatic rings. The second kappa shape index (κ2) is 12.2. The summed E-state index contributed by atoms with van der Waals surface area (Å²) in [6.07, 6.45) is 6.48. The van der Waals surface area contributed by atoms with Crippen LogP contribution in [0.1, 0.15) is 55.4 Å². The average molecular weight is 473 g/mol. The smallest absolute Gasteiger partial charge is 0.336 e. The molecule has 0 aliphatic carbocycles. The van der Waals surface area contributed by atoms with Crippen molar-refractivity contribution in [2.45, 2.75) is 47.0 Å². The van der Waals surface area contributed by atoms with Crippen molar-refractivity contribution >= 4 is 17.1 Å². The normalized spacial score (nSPS) is 12.0. The lowest BCUT2D eigenvalue weighted by molar-refractivity contribution is -0.130. The highest BCUT2D eigenvalue weighted by atomic mass is 19.1. The van der Waals surface area contributed by atoms with Gasteiger partial charge in [0.05, 0.1) is 12.2 Å². The minimum Gasteiger partial charge on any atom is -0.494 e. The van der Waals surface area contributed by atoms with Gasteiger partial charge in [-0.3, -0.25) is 0 Å². The molecule has 3 aromatic carbocycles. The first kappa shape index (κ1) is 26.0. The number of hydrogen-bond donors (Lipinski definition) is 1. The Morgan fingerprint density at radius 1 is 1.00 bits per heavy atom. The zero-order chi connectivity index (χ0) is 25.4. The number of unbranched alkanes of at least 4 members (excludes halogenated alkanes) is 1. The summed E-state index contributed by atoms with van der Waals surface area (Å²) < 4.78 is 19.8. The maximum atomic E-state index is 13.9. The van der Waals surface area contributed by atoms with Crippen LogP contribution in [0.3, 0.4) is 0 Å². The number of rotatable bonds is 10. The fourth-order valence-corrected chi connectivity index (χ4v) is 4.03. The van der Waals surface area contributed by atoms with E-state index in [1.54, 1.807) is 19.1 Å². The van der Waals surface area contributed by atoms with E-state index in [9.17, 15) is 14.3 Å². The molecule has 0 heterocycles. The van der Waals surface area contributed by atoms with Crippen molar-refractivity contribution in [2.75, 3.05) is 6.61 Å². The van der Waals surface area contributed by atoms with Gasteiger partial charge < -0.3 is 9.84 Å². The molecule has 0 saturated heterocycles. The van der Waals surface area contributed by atoms with Crippen LogP contribution in [0.4, 0.5) is 4.39 Å². The Hall–Kier alpha value is -3.66. The quantitative estimate of drug-likeness (QED) is 0.184. The molecule has 0 fully saturated rings. The maximum absolute atomic E-state index is 13.9. The van der Waals surface area contributed by atoms with Crippen molar-refractivity contribution in [3.8, 4) is 16.9 Å². The molecule has 0 aliphatic heterocycles. The van der Waals surface area contributed by atoms with Crippen LogP contribution < -0.4 is 4.74 Å². The van der Waals surface area contributed by atoms with E-state index in [1.807, 2.05) is 38.1 Å². The van der Waals surface area contributed by atoms with Crippen LogP contribution in [-0.2, 0) is 4.79 Å². The largest absolute Gasteiger partial charge is 0.494 e. The van der Waals surface area contributed by atoms with Crippen LogP contribution >= 0.6 is 0 Å². The molecule has 35 heavy (non-hydrogen) atoms. The van der Waals surface area contributed by atoms with Gasteiger partial charge in [0.25, 0.3) is 0 Å². The number of carboxylic acids is 1. The van der Waals surface area contributed by atoms with E-state index in [1.165, 1.54) is 12.1 Å². The minimum atomic E-state index is -1.09. The lowest BCUT2D eigenvalue weighted by Gasteiger charge is -2.13. The summed E-state index contributed by atoms with van der Waals surface area (Å²) in [4.78, 5) is 12.1. The first-order valence-electron chi connectivity index (χ1n) is 12.1. The molecule has 3 aromatic rings. The highest BCUT2D eigenvalue weighted by Crippen LogP contribution is 2.31. The molecule has 3 nitrogen and oxygen atoms in total. The predicted molar refractivity (Wildman–Crippen MR) is 142 cm³/mol. The van der Waals surface area contributed by atoms with E-state index < -0.39 is 11.8 Å². The van der Waals surface area contributed by atoms with E-state index >= 15 is 0 Å².